The molecular formula is C12H9F3N6S. The molecule has 0 aliphatic heterocycles. The van der Waals surface area contributed by atoms with Crippen molar-refractivity contribution in [1.29, 1.82) is 0 Å². The standard InChI is InChI=1S/C12H9F3N6S/c1-6-8(19-5-22-6)7-9(12(13,14)15)20-21(10(7)16)11-17-3-2-4-18-11/h2-5H,16H2,1H3. The van der Waals surface area contributed by atoms with Crippen LogP contribution >= 0.6 is 11.3 Å². The summed E-state index contributed by atoms with van der Waals surface area (Å²) >= 11 is 1.23. The Hall–Kier alpha value is -2.49. The van der Waals surface area contributed by atoms with Gasteiger partial charge in [0.2, 0.25) is 0 Å². The predicted molar refractivity (Wildman–Crippen MR) is 74.4 cm³/mol. The summed E-state index contributed by atoms with van der Waals surface area (Å²) in [6.07, 6.45) is -1.88. The summed E-state index contributed by atoms with van der Waals surface area (Å²) in [6, 6.07) is 1.54. The fourth-order valence-corrected chi connectivity index (χ4v) is 2.54. The van der Waals surface area contributed by atoms with Gasteiger partial charge < -0.3 is 5.73 Å². The normalized spacial score (nSPS) is 11.8. The van der Waals surface area contributed by atoms with Gasteiger partial charge in [0.1, 0.15) is 5.82 Å². The van der Waals surface area contributed by atoms with Crippen molar-refractivity contribution in [2.75, 3.05) is 5.73 Å². The summed E-state index contributed by atoms with van der Waals surface area (Å²) in [4.78, 5) is 12.3. The third-order valence-corrected chi connectivity index (χ3v) is 3.67. The molecule has 0 aromatic carbocycles. The van der Waals surface area contributed by atoms with E-state index in [1.807, 2.05) is 0 Å². The molecule has 0 radical (unpaired) electrons. The van der Waals surface area contributed by atoms with Crippen LogP contribution in [0, 0.1) is 6.92 Å². The maximum atomic E-state index is 13.3. The maximum Gasteiger partial charge on any atom is 0.435 e. The van der Waals surface area contributed by atoms with Crippen molar-refractivity contribution >= 4 is 17.2 Å². The first kappa shape index (κ1) is 14.4. The molecule has 0 atom stereocenters. The fraction of sp³-hybridized carbons (Fsp3) is 0.167. The monoisotopic (exact) mass is 326 g/mol. The molecule has 2 N–H and O–H groups in total. The Morgan fingerprint density at radius 2 is 1.86 bits per heavy atom. The predicted octanol–water partition coefficient (Wildman–Crippen LogP) is 2.70. The molecule has 0 saturated carbocycles. The van der Waals surface area contributed by atoms with E-state index in [1.54, 1.807) is 13.0 Å². The second kappa shape index (κ2) is 5.05. The van der Waals surface area contributed by atoms with Crippen LogP contribution < -0.4 is 5.73 Å². The van der Waals surface area contributed by atoms with E-state index >= 15 is 0 Å². The van der Waals surface area contributed by atoms with Gasteiger partial charge in [0.15, 0.2) is 5.69 Å². The molecule has 0 spiro atoms. The second-order valence-corrected chi connectivity index (χ2v) is 5.38. The second-order valence-electron chi connectivity index (χ2n) is 4.32. The van der Waals surface area contributed by atoms with Gasteiger partial charge in [0.25, 0.3) is 5.95 Å². The van der Waals surface area contributed by atoms with Crippen molar-refractivity contribution in [3.05, 3.63) is 34.5 Å². The van der Waals surface area contributed by atoms with Crippen LogP contribution in [0.15, 0.2) is 24.0 Å². The molecule has 22 heavy (non-hydrogen) atoms. The van der Waals surface area contributed by atoms with Crippen molar-refractivity contribution < 1.29 is 13.2 Å². The Balaban J connectivity index is 2.29. The van der Waals surface area contributed by atoms with Crippen LogP contribution in [0.25, 0.3) is 17.2 Å². The highest BCUT2D eigenvalue weighted by atomic mass is 32.1. The number of alkyl halides is 3. The minimum absolute atomic E-state index is 0.0374. The summed E-state index contributed by atoms with van der Waals surface area (Å²) in [5, 5.41) is 3.55. The highest BCUT2D eigenvalue weighted by molar-refractivity contribution is 7.10. The van der Waals surface area contributed by atoms with Crippen LogP contribution in [0.4, 0.5) is 19.0 Å². The van der Waals surface area contributed by atoms with E-state index in [1.165, 1.54) is 29.2 Å². The Kier molecular flexibility index (Phi) is 3.32. The van der Waals surface area contributed by atoms with E-state index in [2.05, 4.69) is 20.1 Å². The van der Waals surface area contributed by atoms with E-state index in [0.29, 0.717) is 4.88 Å². The smallest absolute Gasteiger partial charge is 0.383 e. The van der Waals surface area contributed by atoms with Gasteiger partial charge in [-0.2, -0.15) is 23.0 Å². The zero-order valence-corrected chi connectivity index (χ0v) is 12.0. The molecule has 0 unspecified atom stereocenters. The van der Waals surface area contributed by atoms with Crippen molar-refractivity contribution in [3.63, 3.8) is 0 Å². The molecule has 0 aliphatic rings. The largest absolute Gasteiger partial charge is 0.435 e. The van der Waals surface area contributed by atoms with Gasteiger partial charge in [-0.05, 0) is 13.0 Å². The average Bonchev–Trinajstić information content (AvgIpc) is 3.02. The maximum absolute atomic E-state index is 13.3. The van der Waals surface area contributed by atoms with E-state index in [0.717, 1.165) is 4.68 Å². The van der Waals surface area contributed by atoms with Gasteiger partial charge in [-0.15, -0.1) is 11.3 Å². The Morgan fingerprint density at radius 1 is 1.18 bits per heavy atom. The van der Waals surface area contributed by atoms with Crippen molar-refractivity contribution in [2.45, 2.75) is 13.1 Å². The van der Waals surface area contributed by atoms with Crippen molar-refractivity contribution in [1.82, 2.24) is 24.7 Å². The summed E-state index contributed by atoms with van der Waals surface area (Å²) in [5.74, 6) is -0.239. The van der Waals surface area contributed by atoms with Crippen molar-refractivity contribution in [2.24, 2.45) is 0 Å². The summed E-state index contributed by atoms with van der Waals surface area (Å²) in [5.41, 5.74) is 6.14. The van der Waals surface area contributed by atoms with E-state index in [9.17, 15) is 13.2 Å². The van der Waals surface area contributed by atoms with Crippen LogP contribution in [0.1, 0.15) is 10.6 Å². The fourth-order valence-electron chi connectivity index (χ4n) is 1.96. The number of hydrogen-bond acceptors (Lipinski definition) is 6. The lowest BCUT2D eigenvalue weighted by Gasteiger charge is -2.05. The molecule has 0 aliphatic carbocycles. The van der Waals surface area contributed by atoms with E-state index < -0.39 is 11.9 Å². The minimum atomic E-state index is -4.67. The Labute approximate surface area is 126 Å². The number of nitrogen functional groups attached to an aromatic ring is 1. The molecule has 0 saturated heterocycles. The zero-order valence-electron chi connectivity index (χ0n) is 11.2. The molecule has 10 heteroatoms. The number of nitrogens with two attached hydrogens (primary N) is 1. The van der Waals surface area contributed by atoms with Crippen LogP contribution in [-0.4, -0.2) is 24.7 Å². The quantitative estimate of drug-likeness (QED) is 0.783. The van der Waals surface area contributed by atoms with E-state index in [-0.39, 0.29) is 23.0 Å². The zero-order chi connectivity index (χ0) is 15.9. The lowest BCUT2D eigenvalue weighted by Crippen LogP contribution is -2.09. The Bertz CT molecular complexity index is 808. The van der Waals surface area contributed by atoms with Crippen molar-refractivity contribution in [3.8, 4) is 17.2 Å². The summed E-state index contributed by atoms with van der Waals surface area (Å²) in [7, 11) is 0. The first-order valence-electron chi connectivity index (χ1n) is 6.03. The third kappa shape index (κ3) is 2.30. The Morgan fingerprint density at radius 3 is 2.41 bits per heavy atom. The summed E-state index contributed by atoms with van der Waals surface area (Å²) in [6.45, 7) is 1.67. The number of thiazole rings is 1. The molecule has 114 valence electrons. The van der Waals surface area contributed by atoms with Gasteiger partial charge in [-0.3, -0.25) is 0 Å². The van der Waals surface area contributed by atoms with E-state index in [4.69, 9.17) is 5.73 Å². The van der Waals surface area contributed by atoms with Crippen LogP contribution in [0.2, 0.25) is 0 Å². The lowest BCUT2D eigenvalue weighted by molar-refractivity contribution is -0.140. The number of halogens is 3. The van der Waals surface area contributed by atoms with Gasteiger partial charge >= 0.3 is 6.18 Å². The van der Waals surface area contributed by atoms with Gasteiger partial charge in [-0.1, -0.05) is 0 Å². The number of nitrogens with zero attached hydrogens (tertiary/aromatic N) is 5. The number of hydrogen-bond donors (Lipinski definition) is 1. The average molecular weight is 326 g/mol. The SMILES string of the molecule is Cc1scnc1-c1c(C(F)(F)F)nn(-c2ncccn2)c1N. The number of aryl methyl sites for hydroxylation is 1. The first-order valence-corrected chi connectivity index (χ1v) is 6.91. The van der Waals surface area contributed by atoms with Gasteiger partial charge in [0.05, 0.1) is 16.8 Å². The molecule has 0 bridgehead atoms. The molecule has 6 nitrogen and oxygen atoms in total. The molecule has 0 fully saturated rings. The molecule has 0 amide bonds. The summed E-state index contributed by atoms with van der Waals surface area (Å²) < 4.78 is 40.7. The van der Waals surface area contributed by atoms with Gasteiger partial charge in [-0.25, -0.2) is 15.0 Å². The highest BCUT2D eigenvalue weighted by Crippen LogP contribution is 2.41. The van der Waals surface area contributed by atoms with Crippen LogP contribution in [0.3, 0.4) is 0 Å². The molecule has 3 aromatic heterocycles. The number of rotatable bonds is 2. The lowest BCUT2D eigenvalue weighted by atomic mass is 10.1. The van der Waals surface area contributed by atoms with Crippen LogP contribution in [0.5, 0.6) is 0 Å². The molecule has 3 heterocycles. The first-order chi connectivity index (χ1) is 10.4. The number of anilines is 1. The third-order valence-electron chi connectivity index (χ3n) is 2.91. The topological polar surface area (TPSA) is 82.5 Å². The highest BCUT2D eigenvalue weighted by Gasteiger charge is 2.40. The van der Waals surface area contributed by atoms with Gasteiger partial charge in [0, 0.05) is 17.3 Å². The molecule has 3 rings (SSSR count). The molecule has 3 aromatic rings. The number of aromatic nitrogens is 5. The minimum Gasteiger partial charge on any atom is -0.383 e. The van der Waals surface area contributed by atoms with Crippen LogP contribution in [-0.2, 0) is 6.18 Å². The molecular weight excluding hydrogens is 317 g/mol.